The molecule has 0 N–H and O–H groups in total. The van der Waals surface area contributed by atoms with Crippen LogP contribution in [0.5, 0.6) is 0 Å². The molecular formula is C25H48N2O8Si. The molecule has 0 aromatic rings. The minimum Gasteiger partial charge on any atom is -0.450 e. The predicted molar refractivity (Wildman–Crippen MR) is 140 cm³/mol. The van der Waals surface area contributed by atoms with Gasteiger partial charge < -0.3 is 28.6 Å². The third kappa shape index (κ3) is 14.6. The van der Waals surface area contributed by atoms with Crippen LogP contribution in [0.25, 0.3) is 0 Å². The lowest BCUT2D eigenvalue weighted by molar-refractivity contribution is -0.0277. The Balaban J connectivity index is 2.32. The standard InChI is InChI=1S/C25H48N2O8Si/c1-24(2,3)34-22(29)27(23(30)35-25(4,5)6)14-15-31-16-17-32-20-10-12-26(13-11-20)21(28)33-18-19-36(7,8)9/h20H,10-19H2,1-9H3. The van der Waals surface area contributed by atoms with Gasteiger partial charge in [-0.15, -0.1) is 0 Å². The third-order valence-corrected chi connectivity index (χ3v) is 6.75. The molecule has 1 heterocycles. The van der Waals surface area contributed by atoms with E-state index in [1.807, 2.05) is 0 Å². The average Bonchev–Trinajstić information content (AvgIpc) is 2.69. The Bertz CT molecular complexity index is 676. The number of rotatable bonds is 10. The van der Waals surface area contributed by atoms with Crippen LogP contribution in [-0.2, 0) is 23.7 Å². The second-order valence-electron chi connectivity index (χ2n) is 12.2. The Hall–Kier alpha value is -1.85. The molecule has 1 rings (SSSR count). The van der Waals surface area contributed by atoms with Gasteiger partial charge in [0.05, 0.1) is 39.1 Å². The van der Waals surface area contributed by atoms with E-state index >= 15 is 0 Å². The molecule has 0 radical (unpaired) electrons. The molecule has 1 aliphatic rings. The minimum atomic E-state index is -1.22. The normalized spacial score (nSPS) is 15.4. The van der Waals surface area contributed by atoms with Crippen molar-refractivity contribution in [1.82, 2.24) is 9.80 Å². The van der Waals surface area contributed by atoms with Crippen molar-refractivity contribution in [2.24, 2.45) is 0 Å². The molecule has 10 nitrogen and oxygen atoms in total. The molecule has 1 saturated heterocycles. The fraction of sp³-hybridized carbons (Fsp3) is 0.880. The monoisotopic (exact) mass is 532 g/mol. The first-order chi connectivity index (χ1) is 16.5. The van der Waals surface area contributed by atoms with Crippen LogP contribution in [-0.4, -0.2) is 99.5 Å². The van der Waals surface area contributed by atoms with Gasteiger partial charge in [0.2, 0.25) is 0 Å². The zero-order chi connectivity index (χ0) is 27.6. The highest BCUT2D eigenvalue weighted by Gasteiger charge is 2.31. The Morgan fingerprint density at radius 1 is 0.833 bits per heavy atom. The molecule has 0 aromatic heterocycles. The summed E-state index contributed by atoms with van der Waals surface area (Å²) in [6.07, 6.45) is -0.249. The fourth-order valence-corrected chi connectivity index (χ4v) is 3.88. The Morgan fingerprint density at radius 2 is 1.36 bits per heavy atom. The Kier molecular flexibility index (Phi) is 12.7. The summed E-state index contributed by atoms with van der Waals surface area (Å²) in [5, 5.41) is 0. The quantitative estimate of drug-likeness (QED) is 0.217. The predicted octanol–water partition coefficient (Wildman–Crippen LogP) is 5.13. The summed E-state index contributed by atoms with van der Waals surface area (Å²) >= 11 is 0. The summed E-state index contributed by atoms with van der Waals surface area (Å²) in [7, 11) is -1.22. The molecule has 11 heteroatoms. The summed E-state index contributed by atoms with van der Waals surface area (Å²) < 4.78 is 27.5. The van der Waals surface area contributed by atoms with E-state index in [9.17, 15) is 14.4 Å². The second-order valence-corrected chi connectivity index (χ2v) is 17.8. The highest BCUT2D eigenvalue weighted by Crippen LogP contribution is 2.16. The number of amides is 3. The van der Waals surface area contributed by atoms with Gasteiger partial charge in [-0.3, -0.25) is 0 Å². The molecular weight excluding hydrogens is 484 g/mol. The lowest BCUT2D eigenvalue weighted by Gasteiger charge is -2.31. The van der Waals surface area contributed by atoms with E-state index in [0.717, 1.165) is 23.8 Å². The van der Waals surface area contributed by atoms with Crippen molar-refractivity contribution in [1.29, 1.82) is 0 Å². The van der Waals surface area contributed by atoms with Gasteiger partial charge in [0.25, 0.3) is 0 Å². The number of imide groups is 1. The summed E-state index contributed by atoms with van der Waals surface area (Å²) in [4.78, 5) is 39.8. The number of carbonyl (C=O) groups excluding carboxylic acids is 3. The van der Waals surface area contributed by atoms with E-state index in [1.54, 1.807) is 46.4 Å². The molecule has 0 spiro atoms. The van der Waals surface area contributed by atoms with Crippen molar-refractivity contribution >= 4 is 26.4 Å². The third-order valence-electron chi connectivity index (χ3n) is 5.05. The van der Waals surface area contributed by atoms with Gasteiger partial charge in [0.1, 0.15) is 11.2 Å². The fourth-order valence-electron chi connectivity index (χ4n) is 3.16. The number of nitrogens with zero attached hydrogens (tertiary/aromatic N) is 2. The van der Waals surface area contributed by atoms with Crippen molar-refractivity contribution in [2.75, 3.05) is 46.1 Å². The molecule has 0 atom stereocenters. The first-order valence-corrected chi connectivity index (χ1v) is 16.5. The number of hydrogen-bond acceptors (Lipinski definition) is 8. The molecule has 1 fully saturated rings. The van der Waals surface area contributed by atoms with Crippen molar-refractivity contribution < 1.29 is 38.1 Å². The maximum atomic E-state index is 12.5. The van der Waals surface area contributed by atoms with E-state index in [1.165, 1.54) is 0 Å². The lowest BCUT2D eigenvalue weighted by Crippen LogP contribution is -2.45. The van der Waals surface area contributed by atoms with Crippen LogP contribution in [0.3, 0.4) is 0 Å². The van der Waals surface area contributed by atoms with Gasteiger partial charge >= 0.3 is 18.3 Å². The van der Waals surface area contributed by atoms with Gasteiger partial charge in [0.15, 0.2) is 0 Å². The van der Waals surface area contributed by atoms with Crippen LogP contribution in [0.1, 0.15) is 54.4 Å². The van der Waals surface area contributed by atoms with Gasteiger partial charge in [-0.25, -0.2) is 19.3 Å². The van der Waals surface area contributed by atoms with Crippen molar-refractivity contribution in [3.63, 3.8) is 0 Å². The molecule has 0 bridgehead atoms. The van der Waals surface area contributed by atoms with Crippen molar-refractivity contribution in [3.8, 4) is 0 Å². The second kappa shape index (κ2) is 14.2. The minimum absolute atomic E-state index is 0.00201. The largest absolute Gasteiger partial charge is 0.450 e. The smallest absolute Gasteiger partial charge is 0.419 e. The van der Waals surface area contributed by atoms with Gasteiger partial charge in [-0.1, -0.05) is 19.6 Å². The zero-order valence-electron chi connectivity index (χ0n) is 23.8. The van der Waals surface area contributed by atoms with Crippen molar-refractivity contribution in [3.05, 3.63) is 0 Å². The van der Waals surface area contributed by atoms with Gasteiger partial charge in [-0.05, 0) is 60.4 Å². The molecule has 36 heavy (non-hydrogen) atoms. The van der Waals surface area contributed by atoms with Crippen LogP contribution in [0.15, 0.2) is 0 Å². The van der Waals surface area contributed by atoms with E-state index in [2.05, 4.69) is 19.6 Å². The summed E-state index contributed by atoms with van der Waals surface area (Å²) in [6.45, 7) is 19.7. The van der Waals surface area contributed by atoms with Crippen LogP contribution < -0.4 is 0 Å². The number of likely N-dealkylation sites (tertiary alicyclic amines) is 1. The lowest BCUT2D eigenvalue weighted by atomic mass is 10.1. The van der Waals surface area contributed by atoms with E-state index in [4.69, 9.17) is 23.7 Å². The summed E-state index contributed by atoms with van der Waals surface area (Å²) in [6, 6.07) is 0.964. The maximum Gasteiger partial charge on any atom is 0.419 e. The van der Waals surface area contributed by atoms with E-state index < -0.39 is 31.5 Å². The number of piperidine rings is 1. The molecule has 0 saturated carbocycles. The average molecular weight is 533 g/mol. The van der Waals surface area contributed by atoms with Crippen molar-refractivity contribution in [2.45, 2.75) is 97.4 Å². The van der Waals surface area contributed by atoms with Crippen LogP contribution in [0.4, 0.5) is 14.4 Å². The number of carbonyl (C=O) groups is 3. The molecule has 0 aliphatic carbocycles. The molecule has 0 unspecified atom stereocenters. The maximum absolute atomic E-state index is 12.5. The van der Waals surface area contributed by atoms with Crippen LogP contribution in [0, 0.1) is 0 Å². The summed E-state index contributed by atoms with van der Waals surface area (Å²) in [5.74, 6) is 0. The van der Waals surface area contributed by atoms with Gasteiger partial charge in [0, 0.05) is 21.2 Å². The first-order valence-electron chi connectivity index (χ1n) is 12.8. The highest BCUT2D eigenvalue weighted by molar-refractivity contribution is 6.76. The van der Waals surface area contributed by atoms with E-state index in [-0.39, 0.29) is 25.3 Å². The molecule has 0 aromatic carbocycles. The number of hydrogen-bond donors (Lipinski definition) is 0. The summed E-state index contributed by atoms with van der Waals surface area (Å²) in [5.41, 5.74) is -1.49. The Morgan fingerprint density at radius 3 is 1.83 bits per heavy atom. The molecule has 210 valence electrons. The molecule has 1 aliphatic heterocycles. The Labute approximate surface area is 217 Å². The first kappa shape index (κ1) is 32.2. The zero-order valence-corrected chi connectivity index (χ0v) is 24.8. The van der Waals surface area contributed by atoms with Crippen LogP contribution >= 0.6 is 0 Å². The van der Waals surface area contributed by atoms with Crippen LogP contribution in [0.2, 0.25) is 25.7 Å². The SMILES string of the molecule is CC(C)(C)OC(=O)N(CCOCCOC1CCN(C(=O)OCC[Si](C)(C)C)CC1)C(=O)OC(C)(C)C. The van der Waals surface area contributed by atoms with Gasteiger partial charge in [-0.2, -0.15) is 0 Å². The number of ether oxygens (including phenoxy) is 5. The highest BCUT2D eigenvalue weighted by atomic mass is 28.3. The topological polar surface area (TPSA) is 104 Å². The van der Waals surface area contributed by atoms with E-state index in [0.29, 0.717) is 32.9 Å². The molecule has 3 amide bonds.